The van der Waals surface area contributed by atoms with Crippen LogP contribution in [0.3, 0.4) is 0 Å². The van der Waals surface area contributed by atoms with E-state index >= 15 is 0 Å². The van der Waals surface area contributed by atoms with Gasteiger partial charge in [0, 0.05) is 6.21 Å². The monoisotopic (exact) mass is 118 g/mol. The van der Waals surface area contributed by atoms with Crippen LogP contribution in [0.5, 0.6) is 0 Å². The summed E-state index contributed by atoms with van der Waals surface area (Å²) in [6.45, 7) is 0. The zero-order valence-electron chi connectivity index (χ0n) is 4.65. The van der Waals surface area contributed by atoms with E-state index in [4.69, 9.17) is 0 Å². The molecule has 0 N–H and O–H groups in total. The second kappa shape index (κ2) is 1.55. The molecule has 2 aliphatic rings. The minimum atomic E-state index is 0.859. The lowest BCUT2D eigenvalue weighted by Gasteiger charge is -2.01. The topological polar surface area (TPSA) is 38.8 Å². The maximum absolute atomic E-state index is 3.99. The summed E-state index contributed by atoms with van der Waals surface area (Å²) in [5.41, 5.74) is 1.77. The Morgan fingerprint density at radius 2 is 2.22 bits per heavy atom. The smallest absolute Gasteiger partial charge is 0.116 e. The lowest BCUT2D eigenvalue weighted by molar-refractivity contribution is 1.09. The van der Waals surface area contributed by atoms with Crippen LogP contribution in [0.4, 0.5) is 0 Å². The molecule has 0 aliphatic carbocycles. The number of allylic oxidation sites excluding steroid dienone is 1. The van der Waals surface area contributed by atoms with E-state index < -0.39 is 0 Å². The lowest BCUT2D eigenvalue weighted by Crippen LogP contribution is -2.04. The van der Waals surface area contributed by atoms with Crippen LogP contribution in [-0.4, -0.2) is 12.6 Å². The van der Waals surface area contributed by atoms with Gasteiger partial charge in [-0.1, -0.05) is 0 Å². The number of hydrogen-bond donors (Lipinski definition) is 0. The molecule has 3 heteroatoms. The number of aliphatic imine (C=N–C) groups is 2. The van der Waals surface area contributed by atoms with Gasteiger partial charge in [-0.2, -0.15) is 0 Å². The molecule has 0 spiro atoms. The normalized spacial score (nSPS) is 20.4. The van der Waals surface area contributed by atoms with Gasteiger partial charge < -0.3 is 0 Å². The molecule has 43 valence electrons. The molecule has 2 rings (SSSR count). The Labute approximate surface area is 52.5 Å². The second-order valence-corrected chi connectivity index (χ2v) is 1.74. The number of rotatable bonds is 0. The van der Waals surface area contributed by atoms with Gasteiger partial charge in [0.2, 0.25) is 0 Å². The average Bonchev–Trinajstić information content (AvgIpc) is 2.33. The molecule has 0 amide bonds. The third-order valence-electron chi connectivity index (χ3n) is 1.17. The predicted molar refractivity (Wildman–Crippen MR) is 35.3 cm³/mol. The fourth-order valence-electron chi connectivity index (χ4n) is 0.748. The van der Waals surface area contributed by atoms with Crippen molar-refractivity contribution in [1.29, 1.82) is 0 Å². The van der Waals surface area contributed by atoms with Gasteiger partial charge in [0.05, 0.1) is 11.9 Å². The largest absolute Gasteiger partial charge is 0.253 e. The van der Waals surface area contributed by atoms with Crippen LogP contribution in [0.25, 0.3) is 0 Å². The van der Waals surface area contributed by atoms with Crippen molar-refractivity contribution in [1.82, 2.24) is 5.32 Å². The number of nitrogens with zero attached hydrogens (tertiary/aromatic N) is 3. The van der Waals surface area contributed by atoms with E-state index in [1.54, 1.807) is 12.4 Å². The summed E-state index contributed by atoms with van der Waals surface area (Å²) < 4.78 is 0. The molecule has 3 nitrogen and oxygen atoms in total. The summed E-state index contributed by atoms with van der Waals surface area (Å²) in [4.78, 5) is 7.81. The molecule has 2 heterocycles. The van der Waals surface area contributed by atoms with Gasteiger partial charge in [-0.25, -0.2) is 10.3 Å². The van der Waals surface area contributed by atoms with E-state index in [0.29, 0.717) is 0 Å². The Morgan fingerprint density at radius 3 is 3.11 bits per heavy atom. The van der Waals surface area contributed by atoms with Gasteiger partial charge >= 0.3 is 0 Å². The summed E-state index contributed by atoms with van der Waals surface area (Å²) in [5, 5.41) is 3.97. The Balaban J connectivity index is 2.46. The van der Waals surface area contributed by atoms with E-state index in [9.17, 15) is 0 Å². The highest BCUT2D eigenvalue weighted by atomic mass is 15.0. The standard InChI is InChI=1S/C6H4N3/c1-2-8-6-3-7-4-9-5(1)6/h1-4H. The molecule has 0 fully saturated rings. The molecular formula is C6H4N3. The third kappa shape index (κ3) is 0.579. The van der Waals surface area contributed by atoms with Crippen molar-refractivity contribution in [3.05, 3.63) is 23.7 Å². The SMILES string of the molecule is C1=NC=C2N=CC=C2[N]1. The minimum absolute atomic E-state index is 0.859. The Kier molecular flexibility index (Phi) is 0.773. The van der Waals surface area contributed by atoms with Crippen LogP contribution in [0.15, 0.2) is 33.7 Å². The fourth-order valence-corrected chi connectivity index (χ4v) is 0.748. The van der Waals surface area contributed by atoms with Crippen molar-refractivity contribution in [3.8, 4) is 0 Å². The summed E-state index contributed by atoms with van der Waals surface area (Å²) in [7, 11) is 0. The first-order chi connectivity index (χ1) is 4.47. The highest BCUT2D eigenvalue weighted by Crippen LogP contribution is 2.15. The average molecular weight is 118 g/mol. The minimum Gasteiger partial charge on any atom is -0.253 e. The molecule has 1 radical (unpaired) electrons. The van der Waals surface area contributed by atoms with Gasteiger partial charge in [-0.3, -0.25) is 4.99 Å². The van der Waals surface area contributed by atoms with Crippen molar-refractivity contribution in [3.63, 3.8) is 0 Å². The van der Waals surface area contributed by atoms with E-state index in [2.05, 4.69) is 15.3 Å². The number of hydrogen-bond acceptors (Lipinski definition) is 2. The quantitative estimate of drug-likeness (QED) is 0.443. The van der Waals surface area contributed by atoms with Crippen molar-refractivity contribution in [2.24, 2.45) is 9.98 Å². The van der Waals surface area contributed by atoms with Crippen LogP contribution >= 0.6 is 0 Å². The molecule has 0 saturated heterocycles. The second-order valence-electron chi connectivity index (χ2n) is 1.74. The first-order valence-electron chi connectivity index (χ1n) is 2.64. The molecule has 0 aromatic heterocycles. The van der Waals surface area contributed by atoms with E-state index in [-0.39, 0.29) is 0 Å². The highest BCUT2D eigenvalue weighted by molar-refractivity contribution is 5.82. The molecule has 9 heavy (non-hydrogen) atoms. The van der Waals surface area contributed by atoms with Crippen LogP contribution < -0.4 is 5.32 Å². The summed E-state index contributed by atoms with van der Waals surface area (Å²) in [6.07, 6.45) is 6.79. The van der Waals surface area contributed by atoms with Gasteiger partial charge in [0.25, 0.3) is 0 Å². The van der Waals surface area contributed by atoms with Gasteiger partial charge in [-0.15, -0.1) is 0 Å². The predicted octanol–water partition coefficient (Wildman–Crippen LogP) is 0.442. The van der Waals surface area contributed by atoms with Crippen molar-refractivity contribution >= 4 is 12.6 Å². The van der Waals surface area contributed by atoms with Crippen LogP contribution in [0, 0.1) is 0 Å². The molecule has 0 saturated carbocycles. The first-order valence-corrected chi connectivity index (χ1v) is 2.64. The first kappa shape index (κ1) is 4.49. The molecule has 2 aliphatic heterocycles. The molecule has 0 atom stereocenters. The van der Waals surface area contributed by atoms with Crippen LogP contribution in [0.2, 0.25) is 0 Å². The Bertz CT molecular complexity index is 245. The van der Waals surface area contributed by atoms with E-state index in [1.807, 2.05) is 6.08 Å². The zero-order chi connectivity index (χ0) is 6.10. The van der Waals surface area contributed by atoms with Gasteiger partial charge in [0.1, 0.15) is 12.0 Å². The Morgan fingerprint density at radius 1 is 1.22 bits per heavy atom. The van der Waals surface area contributed by atoms with Gasteiger partial charge in [-0.05, 0) is 6.08 Å². The number of fused-ring (bicyclic) bond motifs is 1. The summed E-state index contributed by atoms with van der Waals surface area (Å²) >= 11 is 0. The van der Waals surface area contributed by atoms with Crippen molar-refractivity contribution < 1.29 is 0 Å². The molecule has 0 bridgehead atoms. The Hall–Kier alpha value is -1.38. The zero-order valence-corrected chi connectivity index (χ0v) is 4.65. The van der Waals surface area contributed by atoms with Crippen LogP contribution in [0.1, 0.15) is 0 Å². The molecule has 0 aromatic carbocycles. The fraction of sp³-hybridized carbons (Fsp3) is 0. The summed E-state index contributed by atoms with van der Waals surface area (Å²) in [6, 6.07) is 0. The van der Waals surface area contributed by atoms with Gasteiger partial charge in [0.15, 0.2) is 0 Å². The maximum Gasteiger partial charge on any atom is 0.116 e. The maximum atomic E-state index is 3.99. The molecule has 0 unspecified atom stereocenters. The molecule has 0 aromatic rings. The summed E-state index contributed by atoms with van der Waals surface area (Å²) in [5.74, 6) is 0. The van der Waals surface area contributed by atoms with Crippen molar-refractivity contribution in [2.45, 2.75) is 0 Å². The lowest BCUT2D eigenvalue weighted by atomic mass is 10.3. The van der Waals surface area contributed by atoms with E-state index in [0.717, 1.165) is 11.4 Å². The third-order valence-corrected chi connectivity index (χ3v) is 1.17. The van der Waals surface area contributed by atoms with Crippen molar-refractivity contribution in [2.75, 3.05) is 0 Å². The highest BCUT2D eigenvalue weighted by Gasteiger charge is 2.09. The van der Waals surface area contributed by atoms with E-state index in [1.165, 1.54) is 6.34 Å². The van der Waals surface area contributed by atoms with Crippen LogP contribution in [-0.2, 0) is 0 Å². The molecular weight excluding hydrogens is 114 g/mol.